The summed E-state index contributed by atoms with van der Waals surface area (Å²) in [5, 5.41) is 3.30. The van der Waals surface area contributed by atoms with Gasteiger partial charge in [-0.25, -0.2) is 4.68 Å². The van der Waals surface area contributed by atoms with Crippen LogP contribution in [-0.2, 0) is 0 Å². The standard InChI is InChI=1S/C20H22N2O4/c1-21(2)22-16(10-13-8-6-7-9-15(13)20(22)23)14-11-17(24-3)19(26-5)18(12-14)25-4/h6-12H,1-5H3. The quantitative estimate of drug-likeness (QED) is 0.705. The molecule has 26 heavy (non-hydrogen) atoms. The summed E-state index contributed by atoms with van der Waals surface area (Å²) in [5.41, 5.74) is 1.44. The van der Waals surface area contributed by atoms with Gasteiger partial charge >= 0.3 is 0 Å². The van der Waals surface area contributed by atoms with Crippen LogP contribution in [0.25, 0.3) is 22.0 Å². The molecule has 3 aromatic rings. The topological polar surface area (TPSA) is 52.9 Å². The van der Waals surface area contributed by atoms with Crippen LogP contribution in [0.3, 0.4) is 0 Å². The average molecular weight is 354 g/mol. The lowest BCUT2D eigenvalue weighted by Gasteiger charge is -2.22. The number of hydrogen-bond acceptors (Lipinski definition) is 5. The third-order valence-corrected chi connectivity index (χ3v) is 4.26. The third kappa shape index (κ3) is 2.83. The monoisotopic (exact) mass is 354 g/mol. The largest absolute Gasteiger partial charge is 0.493 e. The number of methoxy groups -OCH3 is 3. The van der Waals surface area contributed by atoms with E-state index in [9.17, 15) is 4.79 Å². The summed E-state index contributed by atoms with van der Waals surface area (Å²) in [6.45, 7) is 0. The summed E-state index contributed by atoms with van der Waals surface area (Å²) in [4.78, 5) is 13.0. The molecule has 1 heterocycles. The van der Waals surface area contributed by atoms with E-state index in [1.807, 2.05) is 56.6 Å². The molecule has 0 bridgehead atoms. The smallest absolute Gasteiger partial charge is 0.277 e. The summed E-state index contributed by atoms with van der Waals surface area (Å²) in [7, 11) is 8.36. The van der Waals surface area contributed by atoms with Gasteiger partial charge in [-0.15, -0.1) is 0 Å². The van der Waals surface area contributed by atoms with Gasteiger partial charge in [-0.3, -0.25) is 4.79 Å². The minimum absolute atomic E-state index is 0.0862. The summed E-state index contributed by atoms with van der Waals surface area (Å²) >= 11 is 0. The molecule has 0 fully saturated rings. The maximum Gasteiger partial charge on any atom is 0.277 e. The van der Waals surface area contributed by atoms with E-state index in [2.05, 4.69) is 0 Å². The van der Waals surface area contributed by atoms with Gasteiger partial charge in [-0.2, -0.15) is 0 Å². The van der Waals surface area contributed by atoms with E-state index < -0.39 is 0 Å². The minimum atomic E-state index is -0.0862. The molecule has 2 aromatic carbocycles. The van der Waals surface area contributed by atoms with Crippen LogP contribution in [0, 0.1) is 0 Å². The van der Waals surface area contributed by atoms with Crippen molar-refractivity contribution in [1.82, 2.24) is 4.68 Å². The predicted molar refractivity (Wildman–Crippen MR) is 103 cm³/mol. The summed E-state index contributed by atoms with van der Waals surface area (Å²) in [5.74, 6) is 1.58. The zero-order chi connectivity index (χ0) is 18.8. The number of hydrogen-bond donors (Lipinski definition) is 0. The first kappa shape index (κ1) is 17.7. The number of benzene rings is 2. The van der Waals surface area contributed by atoms with Crippen LogP contribution in [0.2, 0.25) is 0 Å². The Morgan fingerprint density at radius 2 is 1.50 bits per heavy atom. The molecule has 136 valence electrons. The number of ether oxygens (including phenoxy) is 3. The predicted octanol–water partition coefficient (Wildman–Crippen LogP) is 2.89. The van der Waals surface area contributed by atoms with Crippen LogP contribution >= 0.6 is 0 Å². The second-order valence-corrected chi connectivity index (χ2v) is 6.00. The Balaban J connectivity index is 2.38. The molecule has 0 aliphatic rings. The van der Waals surface area contributed by atoms with Crippen molar-refractivity contribution in [1.29, 1.82) is 0 Å². The fourth-order valence-corrected chi connectivity index (χ4v) is 3.08. The Morgan fingerprint density at radius 1 is 0.885 bits per heavy atom. The number of nitrogens with zero attached hydrogens (tertiary/aromatic N) is 2. The fourth-order valence-electron chi connectivity index (χ4n) is 3.08. The zero-order valence-corrected chi connectivity index (χ0v) is 15.6. The zero-order valence-electron chi connectivity index (χ0n) is 15.6. The Labute approximate surface area is 152 Å². The van der Waals surface area contributed by atoms with E-state index in [1.165, 1.54) is 0 Å². The Kier molecular flexibility index (Phi) is 4.75. The lowest BCUT2D eigenvalue weighted by atomic mass is 10.1. The minimum Gasteiger partial charge on any atom is -0.493 e. The molecule has 3 rings (SSSR count). The number of pyridine rings is 1. The van der Waals surface area contributed by atoms with Gasteiger partial charge in [0, 0.05) is 25.0 Å². The van der Waals surface area contributed by atoms with Gasteiger partial charge in [-0.1, -0.05) is 18.2 Å². The van der Waals surface area contributed by atoms with E-state index in [0.29, 0.717) is 22.6 Å². The SMILES string of the molecule is COc1cc(-c2cc3ccccc3c(=O)n2N(C)C)cc(OC)c1OC. The van der Waals surface area contributed by atoms with Crippen molar-refractivity contribution in [2.75, 3.05) is 40.4 Å². The molecule has 0 saturated carbocycles. The van der Waals surface area contributed by atoms with Crippen LogP contribution in [0.1, 0.15) is 0 Å². The first-order chi connectivity index (χ1) is 12.5. The highest BCUT2D eigenvalue weighted by atomic mass is 16.5. The molecular weight excluding hydrogens is 332 g/mol. The van der Waals surface area contributed by atoms with Crippen LogP contribution in [0.4, 0.5) is 0 Å². The molecule has 6 nitrogen and oxygen atoms in total. The normalized spacial score (nSPS) is 10.7. The second-order valence-electron chi connectivity index (χ2n) is 6.00. The number of rotatable bonds is 5. The van der Waals surface area contributed by atoms with Gasteiger partial charge in [0.2, 0.25) is 5.75 Å². The van der Waals surface area contributed by atoms with E-state index >= 15 is 0 Å². The molecule has 0 unspecified atom stereocenters. The van der Waals surface area contributed by atoms with Crippen molar-refractivity contribution in [3.63, 3.8) is 0 Å². The van der Waals surface area contributed by atoms with Gasteiger partial charge < -0.3 is 19.2 Å². The highest BCUT2D eigenvalue weighted by Gasteiger charge is 2.18. The van der Waals surface area contributed by atoms with Crippen molar-refractivity contribution in [2.45, 2.75) is 0 Å². The van der Waals surface area contributed by atoms with Gasteiger partial charge in [0.15, 0.2) is 11.5 Å². The lowest BCUT2D eigenvalue weighted by Crippen LogP contribution is -2.37. The molecule has 0 amide bonds. The van der Waals surface area contributed by atoms with Crippen LogP contribution in [-0.4, -0.2) is 40.1 Å². The highest BCUT2D eigenvalue weighted by Crippen LogP contribution is 2.41. The Morgan fingerprint density at radius 3 is 2.04 bits per heavy atom. The molecule has 6 heteroatoms. The average Bonchev–Trinajstić information content (AvgIpc) is 2.66. The van der Waals surface area contributed by atoms with Crippen molar-refractivity contribution in [2.24, 2.45) is 0 Å². The Hall–Kier alpha value is -3.15. The van der Waals surface area contributed by atoms with Crippen molar-refractivity contribution >= 4 is 10.8 Å². The molecule has 0 spiro atoms. The first-order valence-electron chi connectivity index (χ1n) is 8.14. The van der Waals surface area contributed by atoms with Crippen molar-refractivity contribution in [3.05, 3.63) is 52.8 Å². The summed E-state index contributed by atoms with van der Waals surface area (Å²) < 4.78 is 17.9. The Bertz CT molecular complexity index is 983. The maximum atomic E-state index is 13.0. The summed E-state index contributed by atoms with van der Waals surface area (Å²) in [6.07, 6.45) is 0. The van der Waals surface area contributed by atoms with E-state index in [-0.39, 0.29) is 5.56 Å². The molecular formula is C20H22N2O4. The van der Waals surface area contributed by atoms with Gasteiger partial charge in [0.25, 0.3) is 5.56 Å². The third-order valence-electron chi connectivity index (χ3n) is 4.26. The molecule has 0 radical (unpaired) electrons. The number of fused-ring (bicyclic) bond motifs is 1. The first-order valence-corrected chi connectivity index (χ1v) is 8.14. The molecule has 0 saturated heterocycles. The van der Waals surface area contributed by atoms with Gasteiger partial charge in [0.1, 0.15) is 0 Å². The molecule has 0 atom stereocenters. The molecule has 0 N–H and O–H groups in total. The number of aromatic nitrogens is 1. The maximum absolute atomic E-state index is 13.0. The summed E-state index contributed by atoms with van der Waals surface area (Å²) in [6, 6.07) is 13.2. The molecule has 0 aliphatic carbocycles. The van der Waals surface area contributed by atoms with Gasteiger partial charge in [0.05, 0.1) is 27.0 Å². The van der Waals surface area contributed by atoms with E-state index in [4.69, 9.17) is 14.2 Å². The highest BCUT2D eigenvalue weighted by molar-refractivity contribution is 5.86. The lowest BCUT2D eigenvalue weighted by molar-refractivity contribution is 0.324. The van der Waals surface area contributed by atoms with Gasteiger partial charge in [-0.05, 0) is 29.7 Å². The second kappa shape index (κ2) is 7.00. The molecule has 0 aliphatic heterocycles. The van der Waals surface area contributed by atoms with Crippen LogP contribution in [0.5, 0.6) is 17.2 Å². The van der Waals surface area contributed by atoms with Crippen LogP contribution < -0.4 is 24.8 Å². The van der Waals surface area contributed by atoms with Crippen molar-refractivity contribution in [3.8, 4) is 28.5 Å². The van der Waals surface area contributed by atoms with Crippen LogP contribution in [0.15, 0.2) is 47.3 Å². The van der Waals surface area contributed by atoms with E-state index in [1.54, 1.807) is 31.0 Å². The molecule has 1 aromatic heterocycles. The van der Waals surface area contributed by atoms with E-state index in [0.717, 1.165) is 16.6 Å². The van der Waals surface area contributed by atoms with Crippen molar-refractivity contribution < 1.29 is 14.2 Å². The fraction of sp³-hybridized carbons (Fsp3) is 0.250.